The van der Waals surface area contributed by atoms with Crippen molar-refractivity contribution in [3.8, 4) is 0 Å². The number of halogens is 2. The molecule has 2 rings (SSSR count). The molecule has 0 aromatic carbocycles. The fourth-order valence-electron chi connectivity index (χ4n) is 2.32. The SMILES string of the molecule is CC(C)=CCN1CCC(Nc2cc(Br)cnc2Cl)CC1. The van der Waals surface area contributed by atoms with Gasteiger partial charge in [-0.3, -0.25) is 4.90 Å². The number of hydrogen-bond acceptors (Lipinski definition) is 3. The maximum absolute atomic E-state index is 6.12. The van der Waals surface area contributed by atoms with Crippen LogP contribution in [0.4, 0.5) is 5.69 Å². The van der Waals surface area contributed by atoms with Gasteiger partial charge in [-0.15, -0.1) is 0 Å². The molecule has 5 heteroatoms. The highest BCUT2D eigenvalue weighted by molar-refractivity contribution is 9.10. The molecular weight excluding hydrogens is 338 g/mol. The Labute approximate surface area is 134 Å². The molecule has 0 bridgehead atoms. The van der Waals surface area contributed by atoms with Crippen LogP contribution in [0.5, 0.6) is 0 Å². The van der Waals surface area contributed by atoms with Crippen LogP contribution in [-0.4, -0.2) is 35.6 Å². The third-order valence-corrected chi connectivity index (χ3v) is 4.25. The molecule has 0 spiro atoms. The van der Waals surface area contributed by atoms with E-state index in [2.05, 4.69) is 51.1 Å². The number of aromatic nitrogens is 1. The summed E-state index contributed by atoms with van der Waals surface area (Å²) in [7, 11) is 0. The lowest BCUT2D eigenvalue weighted by Gasteiger charge is -2.32. The summed E-state index contributed by atoms with van der Waals surface area (Å²) >= 11 is 9.54. The predicted octanol–water partition coefficient (Wildman–Crippen LogP) is 4.34. The van der Waals surface area contributed by atoms with E-state index in [9.17, 15) is 0 Å². The van der Waals surface area contributed by atoms with Crippen LogP contribution in [0.25, 0.3) is 0 Å². The summed E-state index contributed by atoms with van der Waals surface area (Å²) < 4.78 is 0.949. The van der Waals surface area contributed by atoms with Gasteiger partial charge in [-0.05, 0) is 48.7 Å². The maximum Gasteiger partial charge on any atom is 0.152 e. The van der Waals surface area contributed by atoms with Crippen molar-refractivity contribution in [1.29, 1.82) is 0 Å². The topological polar surface area (TPSA) is 28.2 Å². The minimum Gasteiger partial charge on any atom is -0.380 e. The highest BCUT2D eigenvalue weighted by Crippen LogP contribution is 2.25. The van der Waals surface area contributed by atoms with Crippen molar-refractivity contribution in [2.24, 2.45) is 0 Å². The molecule has 1 aromatic rings. The molecule has 1 fully saturated rings. The number of piperidine rings is 1. The molecule has 3 nitrogen and oxygen atoms in total. The summed E-state index contributed by atoms with van der Waals surface area (Å²) in [6.45, 7) is 7.61. The lowest BCUT2D eigenvalue weighted by atomic mass is 10.0. The molecule has 0 amide bonds. The summed E-state index contributed by atoms with van der Waals surface area (Å²) in [6.07, 6.45) is 6.29. The maximum atomic E-state index is 6.12. The quantitative estimate of drug-likeness (QED) is 0.641. The van der Waals surface area contributed by atoms with Gasteiger partial charge in [0.25, 0.3) is 0 Å². The van der Waals surface area contributed by atoms with Gasteiger partial charge >= 0.3 is 0 Å². The van der Waals surface area contributed by atoms with Crippen molar-refractivity contribution in [2.45, 2.75) is 32.7 Å². The average molecular weight is 359 g/mol. The molecule has 0 radical (unpaired) electrons. The average Bonchev–Trinajstić information content (AvgIpc) is 2.42. The molecule has 0 saturated carbocycles. The molecule has 1 N–H and O–H groups in total. The molecular formula is C15H21BrClN3. The van der Waals surface area contributed by atoms with Gasteiger partial charge in [0.15, 0.2) is 5.15 Å². The zero-order chi connectivity index (χ0) is 14.5. The van der Waals surface area contributed by atoms with Crippen molar-refractivity contribution < 1.29 is 0 Å². The highest BCUT2D eigenvalue weighted by atomic mass is 79.9. The molecule has 1 saturated heterocycles. The Hall–Kier alpha value is -0.580. The number of anilines is 1. The first kappa shape index (κ1) is 15.8. The molecule has 1 aliphatic rings. The van der Waals surface area contributed by atoms with Crippen molar-refractivity contribution in [1.82, 2.24) is 9.88 Å². The van der Waals surface area contributed by atoms with E-state index in [1.165, 1.54) is 5.57 Å². The molecule has 0 aliphatic carbocycles. The van der Waals surface area contributed by atoms with Gasteiger partial charge in [-0.1, -0.05) is 23.3 Å². The normalized spacial score (nSPS) is 17.0. The third kappa shape index (κ3) is 4.76. The summed E-state index contributed by atoms with van der Waals surface area (Å²) in [6, 6.07) is 2.47. The van der Waals surface area contributed by atoms with Crippen LogP contribution in [0.3, 0.4) is 0 Å². The Morgan fingerprint density at radius 1 is 1.50 bits per heavy atom. The Morgan fingerprint density at radius 3 is 2.85 bits per heavy atom. The molecule has 0 unspecified atom stereocenters. The first-order chi connectivity index (χ1) is 9.54. The van der Waals surface area contributed by atoms with Crippen LogP contribution in [0.2, 0.25) is 5.15 Å². The number of nitrogens with zero attached hydrogens (tertiary/aromatic N) is 2. The zero-order valence-electron chi connectivity index (χ0n) is 12.0. The summed E-state index contributed by atoms with van der Waals surface area (Å²) in [4.78, 5) is 6.64. The first-order valence-corrected chi connectivity index (χ1v) is 8.15. The molecule has 2 heterocycles. The summed E-state index contributed by atoms with van der Waals surface area (Å²) in [5.74, 6) is 0. The van der Waals surface area contributed by atoms with E-state index in [0.29, 0.717) is 11.2 Å². The third-order valence-electron chi connectivity index (χ3n) is 3.51. The van der Waals surface area contributed by atoms with Gasteiger partial charge in [0.05, 0.1) is 5.69 Å². The molecule has 20 heavy (non-hydrogen) atoms. The highest BCUT2D eigenvalue weighted by Gasteiger charge is 2.19. The summed E-state index contributed by atoms with van der Waals surface area (Å²) in [5, 5.41) is 4.05. The molecule has 1 aliphatic heterocycles. The molecule has 0 atom stereocenters. The second-order valence-electron chi connectivity index (χ2n) is 5.49. The van der Waals surface area contributed by atoms with Crippen molar-refractivity contribution >= 4 is 33.2 Å². The minimum atomic E-state index is 0.478. The van der Waals surface area contributed by atoms with E-state index in [-0.39, 0.29) is 0 Å². The van der Waals surface area contributed by atoms with E-state index in [0.717, 1.165) is 42.6 Å². The fourth-order valence-corrected chi connectivity index (χ4v) is 2.80. The smallest absolute Gasteiger partial charge is 0.152 e. The van der Waals surface area contributed by atoms with Gasteiger partial charge in [0, 0.05) is 36.3 Å². The zero-order valence-corrected chi connectivity index (χ0v) is 14.3. The predicted molar refractivity (Wildman–Crippen MR) is 89.5 cm³/mol. The van der Waals surface area contributed by atoms with Gasteiger partial charge in [0.2, 0.25) is 0 Å². The number of likely N-dealkylation sites (tertiary alicyclic amines) is 1. The molecule has 1 aromatic heterocycles. The lowest BCUT2D eigenvalue weighted by Crippen LogP contribution is -2.39. The Kier molecular flexibility index (Phi) is 5.87. The standard InChI is InChI=1S/C15H21BrClN3/c1-11(2)3-6-20-7-4-13(5-8-20)19-14-9-12(16)10-18-15(14)17/h3,9-10,13,19H,4-8H2,1-2H3. The number of nitrogens with one attached hydrogen (secondary N) is 1. The first-order valence-electron chi connectivity index (χ1n) is 6.98. The second-order valence-corrected chi connectivity index (χ2v) is 6.77. The largest absolute Gasteiger partial charge is 0.380 e. The van der Waals surface area contributed by atoms with Gasteiger partial charge < -0.3 is 5.32 Å². The van der Waals surface area contributed by atoms with Crippen LogP contribution in [0, 0.1) is 0 Å². The van der Waals surface area contributed by atoms with E-state index < -0.39 is 0 Å². The Morgan fingerprint density at radius 2 is 2.20 bits per heavy atom. The minimum absolute atomic E-state index is 0.478. The fraction of sp³-hybridized carbons (Fsp3) is 0.533. The van der Waals surface area contributed by atoms with E-state index in [1.54, 1.807) is 6.20 Å². The van der Waals surface area contributed by atoms with Gasteiger partial charge in [-0.2, -0.15) is 0 Å². The van der Waals surface area contributed by atoms with Crippen LogP contribution >= 0.6 is 27.5 Å². The second kappa shape index (κ2) is 7.43. The monoisotopic (exact) mass is 357 g/mol. The van der Waals surface area contributed by atoms with Gasteiger partial charge in [-0.25, -0.2) is 4.98 Å². The Bertz CT molecular complexity index is 478. The van der Waals surface area contributed by atoms with E-state index in [1.807, 2.05) is 6.07 Å². The Balaban J connectivity index is 1.85. The van der Waals surface area contributed by atoms with Crippen molar-refractivity contribution in [3.63, 3.8) is 0 Å². The number of rotatable bonds is 4. The summed E-state index contributed by atoms with van der Waals surface area (Å²) in [5.41, 5.74) is 2.31. The van der Waals surface area contributed by atoms with Crippen LogP contribution < -0.4 is 5.32 Å². The molecule has 110 valence electrons. The number of hydrogen-bond donors (Lipinski definition) is 1. The van der Waals surface area contributed by atoms with Crippen LogP contribution in [0.15, 0.2) is 28.4 Å². The van der Waals surface area contributed by atoms with E-state index >= 15 is 0 Å². The van der Waals surface area contributed by atoms with Gasteiger partial charge in [0.1, 0.15) is 0 Å². The van der Waals surface area contributed by atoms with E-state index in [4.69, 9.17) is 11.6 Å². The lowest BCUT2D eigenvalue weighted by molar-refractivity contribution is 0.240. The number of allylic oxidation sites excluding steroid dienone is 1. The van der Waals surface area contributed by atoms with Crippen LogP contribution in [-0.2, 0) is 0 Å². The van der Waals surface area contributed by atoms with Crippen molar-refractivity contribution in [2.75, 3.05) is 25.0 Å². The van der Waals surface area contributed by atoms with Crippen molar-refractivity contribution in [3.05, 3.63) is 33.5 Å². The van der Waals surface area contributed by atoms with Crippen LogP contribution in [0.1, 0.15) is 26.7 Å². The number of pyridine rings is 1.